The summed E-state index contributed by atoms with van der Waals surface area (Å²) < 4.78 is 0. The van der Waals surface area contributed by atoms with E-state index in [1.165, 1.54) is 24.6 Å². The average Bonchev–Trinajstić information content (AvgIpc) is 3.28. The molecule has 2 atom stereocenters. The molecular formula is C19H25N3O2S. The number of fused-ring (bicyclic) bond motifs is 1. The van der Waals surface area contributed by atoms with E-state index in [4.69, 9.17) is 0 Å². The smallest absolute Gasteiger partial charge is 0.238 e. The van der Waals surface area contributed by atoms with E-state index in [1.54, 1.807) is 0 Å². The molecule has 3 aliphatic rings. The molecule has 0 aliphatic carbocycles. The third-order valence-corrected chi connectivity index (χ3v) is 6.71. The standard InChI is InChI=1S/C19H25N3O2S/c23-18(22-11-5-6-14(22)13-21-9-3-4-10-21)12-17-19(24)20-15-7-1-2-8-16(15)25-17/h1-2,7-8,14,17H,3-6,9-13H2,(H,20,24). The van der Waals surface area contributed by atoms with Crippen LogP contribution in [0.2, 0.25) is 0 Å². The minimum atomic E-state index is -0.324. The van der Waals surface area contributed by atoms with E-state index in [0.717, 1.165) is 49.6 Å². The monoisotopic (exact) mass is 359 g/mol. The molecule has 2 unspecified atom stereocenters. The Morgan fingerprint density at radius 3 is 2.80 bits per heavy atom. The van der Waals surface area contributed by atoms with Gasteiger partial charge >= 0.3 is 0 Å². The Hall–Kier alpha value is -1.53. The van der Waals surface area contributed by atoms with Gasteiger partial charge in [0.1, 0.15) is 0 Å². The van der Waals surface area contributed by atoms with E-state index in [2.05, 4.69) is 10.2 Å². The summed E-state index contributed by atoms with van der Waals surface area (Å²) in [6, 6.07) is 8.12. The van der Waals surface area contributed by atoms with Gasteiger partial charge in [0.25, 0.3) is 0 Å². The van der Waals surface area contributed by atoms with E-state index in [1.807, 2.05) is 29.2 Å². The van der Waals surface area contributed by atoms with Gasteiger partial charge in [-0.25, -0.2) is 0 Å². The number of thioether (sulfide) groups is 1. The number of hydrogen-bond donors (Lipinski definition) is 1. The molecule has 0 aromatic heterocycles. The van der Waals surface area contributed by atoms with Gasteiger partial charge in [-0.15, -0.1) is 11.8 Å². The fraction of sp³-hybridized carbons (Fsp3) is 0.579. The second-order valence-corrected chi connectivity index (χ2v) is 8.43. The Balaban J connectivity index is 1.38. The zero-order valence-electron chi connectivity index (χ0n) is 14.4. The maximum absolute atomic E-state index is 12.9. The number of carbonyl (C=O) groups is 2. The molecule has 25 heavy (non-hydrogen) atoms. The first kappa shape index (κ1) is 16.9. The van der Waals surface area contributed by atoms with Crippen molar-refractivity contribution in [2.24, 2.45) is 0 Å². The summed E-state index contributed by atoms with van der Waals surface area (Å²) in [5.74, 6) is 0.0843. The molecule has 3 aliphatic heterocycles. The molecule has 0 bridgehead atoms. The molecule has 1 aromatic carbocycles. The topological polar surface area (TPSA) is 52.7 Å². The molecule has 3 heterocycles. The number of anilines is 1. The molecule has 5 nitrogen and oxygen atoms in total. The van der Waals surface area contributed by atoms with Crippen molar-refractivity contribution < 1.29 is 9.59 Å². The Morgan fingerprint density at radius 2 is 1.96 bits per heavy atom. The van der Waals surface area contributed by atoms with Gasteiger partial charge in [-0.1, -0.05) is 12.1 Å². The van der Waals surface area contributed by atoms with Gasteiger partial charge in [-0.3, -0.25) is 9.59 Å². The first-order chi connectivity index (χ1) is 12.2. The van der Waals surface area contributed by atoms with Gasteiger partial charge in [0.15, 0.2) is 0 Å². The highest BCUT2D eigenvalue weighted by Crippen LogP contribution is 2.37. The zero-order valence-corrected chi connectivity index (χ0v) is 15.3. The Labute approximate surface area is 153 Å². The molecule has 2 amide bonds. The number of carbonyl (C=O) groups excluding carboxylic acids is 2. The molecule has 0 saturated carbocycles. The van der Waals surface area contributed by atoms with Crippen molar-refractivity contribution in [2.45, 2.75) is 48.3 Å². The summed E-state index contributed by atoms with van der Waals surface area (Å²) in [6.07, 6.45) is 5.02. The minimum absolute atomic E-state index is 0.0488. The largest absolute Gasteiger partial charge is 0.338 e. The molecule has 134 valence electrons. The SMILES string of the molecule is O=C1Nc2ccccc2SC1CC(=O)N1CCCC1CN1CCCC1. The molecule has 4 rings (SSSR count). The zero-order chi connectivity index (χ0) is 17.2. The maximum atomic E-state index is 12.9. The number of rotatable bonds is 4. The van der Waals surface area contributed by atoms with E-state index < -0.39 is 0 Å². The van der Waals surface area contributed by atoms with Gasteiger partial charge in [-0.2, -0.15) is 0 Å². The van der Waals surface area contributed by atoms with Crippen molar-refractivity contribution in [3.8, 4) is 0 Å². The van der Waals surface area contributed by atoms with Gasteiger partial charge in [-0.05, 0) is 50.9 Å². The Bertz CT molecular complexity index is 660. The van der Waals surface area contributed by atoms with E-state index in [9.17, 15) is 9.59 Å². The van der Waals surface area contributed by atoms with Crippen molar-refractivity contribution in [1.29, 1.82) is 0 Å². The van der Waals surface area contributed by atoms with Crippen LogP contribution in [-0.2, 0) is 9.59 Å². The van der Waals surface area contributed by atoms with Crippen LogP contribution in [0.1, 0.15) is 32.1 Å². The van der Waals surface area contributed by atoms with Gasteiger partial charge in [0.05, 0.1) is 10.9 Å². The third kappa shape index (κ3) is 3.70. The number of hydrogen-bond acceptors (Lipinski definition) is 4. The summed E-state index contributed by atoms with van der Waals surface area (Å²) in [6.45, 7) is 4.16. The maximum Gasteiger partial charge on any atom is 0.238 e. The molecule has 2 saturated heterocycles. The van der Waals surface area contributed by atoms with Crippen LogP contribution in [0.3, 0.4) is 0 Å². The van der Waals surface area contributed by atoms with Crippen molar-refractivity contribution in [2.75, 3.05) is 31.5 Å². The predicted molar refractivity (Wildman–Crippen MR) is 99.7 cm³/mol. The van der Waals surface area contributed by atoms with Crippen LogP contribution in [-0.4, -0.2) is 59.1 Å². The number of para-hydroxylation sites is 1. The van der Waals surface area contributed by atoms with Crippen molar-refractivity contribution in [1.82, 2.24) is 9.80 Å². The summed E-state index contributed by atoms with van der Waals surface area (Å²) >= 11 is 1.52. The molecule has 0 spiro atoms. The number of benzene rings is 1. The number of nitrogens with one attached hydrogen (secondary N) is 1. The normalized spacial score (nSPS) is 26.6. The third-order valence-electron chi connectivity index (χ3n) is 5.43. The summed E-state index contributed by atoms with van der Waals surface area (Å²) in [7, 11) is 0. The molecule has 1 N–H and O–H groups in total. The minimum Gasteiger partial charge on any atom is -0.338 e. The van der Waals surface area contributed by atoms with E-state index >= 15 is 0 Å². The van der Waals surface area contributed by atoms with E-state index in [0.29, 0.717) is 12.5 Å². The summed E-state index contributed by atoms with van der Waals surface area (Å²) in [5, 5.41) is 2.61. The highest BCUT2D eigenvalue weighted by molar-refractivity contribution is 8.01. The molecule has 1 aromatic rings. The van der Waals surface area contributed by atoms with Crippen LogP contribution >= 0.6 is 11.8 Å². The van der Waals surface area contributed by atoms with Crippen LogP contribution in [0.5, 0.6) is 0 Å². The van der Waals surface area contributed by atoms with Crippen molar-refractivity contribution in [3.63, 3.8) is 0 Å². The quantitative estimate of drug-likeness (QED) is 0.898. The average molecular weight is 359 g/mol. The Kier molecular flexibility index (Phi) is 4.99. The predicted octanol–water partition coefficient (Wildman–Crippen LogP) is 2.58. The van der Waals surface area contributed by atoms with Gasteiger partial charge in [0.2, 0.25) is 11.8 Å². The van der Waals surface area contributed by atoms with Crippen LogP contribution in [0.4, 0.5) is 5.69 Å². The lowest BCUT2D eigenvalue weighted by molar-refractivity contribution is -0.133. The summed E-state index contributed by atoms with van der Waals surface area (Å²) in [5.41, 5.74) is 0.856. The number of amides is 2. The fourth-order valence-corrected chi connectivity index (χ4v) is 5.22. The molecular weight excluding hydrogens is 334 g/mol. The summed E-state index contributed by atoms with van der Waals surface area (Å²) in [4.78, 5) is 30.8. The lowest BCUT2D eigenvalue weighted by Gasteiger charge is -2.30. The lowest BCUT2D eigenvalue weighted by atomic mass is 10.2. The first-order valence-electron chi connectivity index (χ1n) is 9.29. The highest BCUT2D eigenvalue weighted by Gasteiger charge is 2.35. The second-order valence-electron chi connectivity index (χ2n) is 7.19. The van der Waals surface area contributed by atoms with Gasteiger partial charge in [0, 0.05) is 30.4 Å². The Morgan fingerprint density at radius 1 is 1.16 bits per heavy atom. The van der Waals surface area contributed by atoms with Crippen LogP contribution in [0.25, 0.3) is 0 Å². The van der Waals surface area contributed by atoms with E-state index in [-0.39, 0.29) is 17.1 Å². The molecule has 6 heteroatoms. The van der Waals surface area contributed by atoms with Crippen LogP contribution < -0.4 is 5.32 Å². The molecule has 0 radical (unpaired) electrons. The number of likely N-dealkylation sites (tertiary alicyclic amines) is 2. The number of nitrogens with zero attached hydrogens (tertiary/aromatic N) is 2. The van der Waals surface area contributed by atoms with Crippen LogP contribution in [0.15, 0.2) is 29.2 Å². The molecule has 2 fully saturated rings. The first-order valence-corrected chi connectivity index (χ1v) is 10.2. The fourth-order valence-electron chi connectivity index (χ4n) is 4.12. The highest BCUT2D eigenvalue weighted by atomic mass is 32.2. The van der Waals surface area contributed by atoms with Gasteiger partial charge < -0.3 is 15.1 Å². The second kappa shape index (κ2) is 7.38. The van der Waals surface area contributed by atoms with Crippen molar-refractivity contribution >= 4 is 29.3 Å². The van der Waals surface area contributed by atoms with Crippen molar-refractivity contribution in [3.05, 3.63) is 24.3 Å². The van der Waals surface area contributed by atoms with Crippen LogP contribution in [0, 0.1) is 0 Å². The lowest BCUT2D eigenvalue weighted by Crippen LogP contribution is -2.44.